The van der Waals surface area contributed by atoms with Crippen LogP contribution in [-0.4, -0.2) is 70.4 Å². The summed E-state index contributed by atoms with van der Waals surface area (Å²) in [6.07, 6.45) is 2.56. The van der Waals surface area contributed by atoms with Crippen molar-refractivity contribution in [3.05, 3.63) is 24.3 Å². The molecule has 0 aromatic heterocycles. The zero-order chi connectivity index (χ0) is 16.4. The highest BCUT2D eigenvalue weighted by Gasteiger charge is 2.28. The molecule has 2 fully saturated rings. The smallest absolute Gasteiger partial charge is 0.281 e. The van der Waals surface area contributed by atoms with E-state index in [0.29, 0.717) is 13.1 Å². The van der Waals surface area contributed by atoms with Gasteiger partial charge in [-0.1, -0.05) is 0 Å². The Kier molecular flexibility index (Phi) is 4.79. The van der Waals surface area contributed by atoms with E-state index in [1.165, 1.54) is 28.5 Å². The van der Waals surface area contributed by atoms with E-state index in [4.69, 9.17) is 0 Å². The number of benzene rings is 1. The average molecular weight is 338 g/mol. The van der Waals surface area contributed by atoms with Crippen LogP contribution in [0.25, 0.3) is 0 Å². The third kappa shape index (κ3) is 3.46. The van der Waals surface area contributed by atoms with E-state index in [-0.39, 0.29) is 0 Å². The van der Waals surface area contributed by atoms with E-state index in [9.17, 15) is 8.42 Å². The molecule has 1 aromatic carbocycles. The Morgan fingerprint density at radius 1 is 0.783 bits per heavy atom. The van der Waals surface area contributed by atoms with Crippen molar-refractivity contribution in [2.75, 3.05) is 63.2 Å². The first-order valence-electron chi connectivity index (χ1n) is 8.26. The molecule has 7 heteroatoms. The molecular formula is C16H26N4O2S. The Balaban J connectivity index is 1.61. The van der Waals surface area contributed by atoms with Crippen LogP contribution in [0.2, 0.25) is 0 Å². The molecule has 0 atom stereocenters. The van der Waals surface area contributed by atoms with Crippen molar-refractivity contribution in [2.45, 2.75) is 12.8 Å². The molecule has 1 aromatic rings. The monoisotopic (exact) mass is 338 g/mol. The van der Waals surface area contributed by atoms with Crippen LogP contribution in [0.3, 0.4) is 0 Å². The SMILES string of the molecule is CN(C)S(=O)(=O)N1CCN(c2ccc(N3CCCC3)cc2)CC1. The van der Waals surface area contributed by atoms with Gasteiger partial charge < -0.3 is 9.80 Å². The van der Waals surface area contributed by atoms with Crippen molar-refractivity contribution in [3.8, 4) is 0 Å². The van der Waals surface area contributed by atoms with Gasteiger partial charge in [-0.2, -0.15) is 17.0 Å². The molecular weight excluding hydrogens is 312 g/mol. The summed E-state index contributed by atoms with van der Waals surface area (Å²) in [7, 11) is -0.126. The van der Waals surface area contributed by atoms with Gasteiger partial charge in [-0.15, -0.1) is 0 Å². The van der Waals surface area contributed by atoms with E-state index < -0.39 is 10.2 Å². The minimum Gasteiger partial charge on any atom is -0.372 e. The van der Waals surface area contributed by atoms with Crippen LogP contribution in [0.1, 0.15) is 12.8 Å². The lowest BCUT2D eigenvalue weighted by molar-refractivity contribution is 0.355. The summed E-state index contributed by atoms with van der Waals surface area (Å²) >= 11 is 0. The highest BCUT2D eigenvalue weighted by molar-refractivity contribution is 7.86. The van der Waals surface area contributed by atoms with Crippen molar-refractivity contribution in [1.29, 1.82) is 0 Å². The molecule has 0 amide bonds. The number of anilines is 2. The van der Waals surface area contributed by atoms with Crippen molar-refractivity contribution in [2.24, 2.45) is 0 Å². The van der Waals surface area contributed by atoms with E-state index in [0.717, 1.165) is 26.2 Å². The molecule has 0 radical (unpaired) electrons. The number of hydrogen-bond donors (Lipinski definition) is 0. The van der Waals surface area contributed by atoms with Crippen molar-refractivity contribution in [1.82, 2.24) is 8.61 Å². The molecule has 0 unspecified atom stereocenters. The van der Waals surface area contributed by atoms with Gasteiger partial charge in [0.15, 0.2) is 0 Å². The lowest BCUT2D eigenvalue weighted by Gasteiger charge is -2.36. The van der Waals surface area contributed by atoms with E-state index in [1.54, 1.807) is 18.4 Å². The molecule has 3 rings (SSSR count). The van der Waals surface area contributed by atoms with Crippen LogP contribution < -0.4 is 9.80 Å². The van der Waals surface area contributed by atoms with Gasteiger partial charge in [0.1, 0.15) is 0 Å². The normalized spacial score (nSPS) is 20.5. The summed E-state index contributed by atoms with van der Waals surface area (Å²) in [5, 5.41) is 0. The Labute approximate surface area is 139 Å². The Bertz CT molecular complexity index is 616. The minimum atomic E-state index is -3.29. The molecule has 2 saturated heterocycles. The molecule has 0 spiro atoms. The van der Waals surface area contributed by atoms with Gasteiger partial charge in [-0.3, -0.25) is 0 Å². The minimum absolute atomic E-state index is 0.536. The van der Waals surface area contributed by atoms with E-state index >= 15 is 0 Å². The fourth-order valence-corrected chi connectivity index (χ4v) is 4.34. The number of nitrogens with zero attached hydrogens (tertiary/aromatic N) is 4. The maximum absolute atomic E-state index is 12.1. The molecule has 0 saturated carbocycles. The standard InChI is InChI=1S/C16H26N4O2S/c1-17(2)23(21,22)20-13-11-19(12-14-20)16-7-5-15(6-8-16)18-9-3-4-10-18/h5-8H,3-4,9-14H2,1-2H3. The maximum atomic E-state index is 12.1. The zero-order valence-electron chi connectivity index (χ0n) is 14.0. The lowest BCUT2D eigenvalue weighted by Crippen LogP contribution is -2.51. The molecule has 2 aliphatic heterocycles. The van der Waals surface area contributed by atoms with Gasteiger partial charge in [-0.05, 0) is 37.1 Å². The summed E-state index contributed by atoms with van der Waals surface area (Å²) in [6.45, 7) is 4.84. The van der Waals surface area contributed by atoms with Gasteiger partial charge >= 0.3 is 0 Å². The number of piperazine rings is 1. The van der Waals surface area contributed by atoms with Crippen LogP contribution in [0.5, 0.6) is 0 Å². The fourth-order valence-electron chi connectivity index (χ4n) is 3.26. The predicted molar refractivity (Wildman–Crippen MR) is 94.3 cm³/mol. The summed E-state index contributed by atoms with van der Waals surface area (Å²) in [4.78, 5) is 4.68. The molecule has 0 aliphatic carbocycles. The van der Waals surface area contributed by atoms with Gasteiger partial charge in [0, 0.05) is 64.7 Å². The van der Waals surface area contributed by atoms with Crippen molar-refractivity contribution < 1.29 is 8.42 Å². The fraction of sp³-hybridized carbons (Fsp3) is 0.625. The maximum Gasteiger partial charge on any atom is 0.281 e. The summed E-state index contributed by atoms with van der Waals surface area (Å²) in [6, 6.07) is 8.68. The predicted octanol–water partition coefficient (Wildman–Crippen LogP) is 1.22. The second-order valence-corrected chi connectivity index (χ2v) is 8.53. The highest BCUT2D eigenvalue weighted by atomic mass is 32.2. The van der Waals surface area contributed by atoms with Gasteiger partial charge in [0.2, 0.25) is 0 Å². The Hall–Kier alpha value is -1.31. The molecule has 6 nitrogen and oxygen atoms in total. The summed E-state index contributed by atoms with van der Waals surface area (Å²) in [5.74, 6) is 0. The molecule has 23 heavy (non-hydrogen) atoms. The summed E-state index contributed by atoms with van der Waals surface area (Å²) in [5.41, 5.74) is 2.47. The van der Waals surface area contributed by atoms with Crippen LogP contribution in [-0.2, 0) is 10.2 Å². The first-order chi connectivity index (χ1) is 11.0. The van der Waals surface area contributed by atoms with E-state index in [2.05, 4.69) is 34.1 Å². The quantitative estimate of drug-likeness (QED) is 0.828. The first kappa shape index (κ1) is 16.5. The number of hydrogen-bond acceptors (Lipinski definition) is 4. The van der Waals surface area contributed by atoms with Gasteiger partial charge in [0.25, 0.3) is 10.2 Å². The van der Waals surface area contributed by atoms with Crippen LogP contribution in [0, 0.1) is 0 Å². The highest BCUT2D eigenvalue weighted by Crippen LogP contribution is 2.25. The Morgan fingerprint density at radius 2 is 1.22 bits per heavy atom. The van der Waals surface area contributed by atoms with Crippen molar-refractivity contribution >= 4 is 21.6 Å². The lowest BCUT2D eigenvalue weighted by atomic mass is 10.2. The average Bonchev–Trinajstić information content (AvgIpc) is 3.09. The third-order valence-electron chi connectivity index (χ3n) is 4.71. The Morgan fingerprint density at radius 3 is 1.65 bits per heavy atom. The topological polar surface area (TPSA) is 47.1 Å². The van der Waals surface area contributed by atoms with Gasteiger partial charge in [0.05, 0.1) is 0 Å². The second kappa shape index (κ2) is 6.67. The summed E-state index contributed by atoms with van der Waals surface area (Å²) < 4.78 is 27.1. The van der Waals surface area contributed by atoms with E-state index in [1.807, 2.05) is 0 Å². The third-order valence-corrected chi connectivity index (χ3v) is 6.65. The van der Waals surface area contributed by atoms with Crippen LogP contribution >= 0.6 is 0 Å². The number of rotatable bonds is 4. The van der Waals surface area contributed by atoms with Crippen molar-refractivity contribution in [3.63, 3.8) is 0 Å². The molecule has 0 N–H and O–H groups in total. The molecule has 2 aliphatic rings. The molecule has 128 valence electrons. The molecule has 2 heterocycles. The second-order valence-electron chi connectivity index (χ2n) is 6.39. The largest absolute Gasteiger partial charge is 0.372 e. The van der Waals surface area contributed by atoms with Crippen LogP contribution in [0.15, 0.2) is 24.3 Å². The molecule has 0 bridgehead atoms. The van der Waals surface area contributed by atoms with Gasteiger partial charge in [-0.25, -0.2) is 0 Å². The van der Waals surface area contributed by atoms with Crippen LogP contribution in [0.4, 0.5) is 11.4 Å². The first-order valence-corrected chi connectivity index (χ1v) is 9.66. The zero-order valence-corrected chi connectivity index (χ0v) is 14.8.